The van der Waals surface area contributed by atoms with Crippen molar-refractivity contribution in [3.05, 3.63) is 45.2 Å². The van der Waals surface area contributed by atoms with Crippen LogP contribution in [0.3, 0.4) is 0 Å². The van der Waals surface area contributed by atoms with Gasteiger partial charge in [0.05, 0.1) is 10.9 Å². The Morgan fingerprint density at radius 1 is 1.17 bits per heavy atom. The molecule has 96 valence electrons. The van der Waals surface area contributed by atoms with Gasteiger partial charge in [-0.05, 0) is 24.0 Å². The Bertz CT molecular complexity index is 674. The number of para-hydroxylation sites is 1. The molecule has 18 heavy (non-hydrogen) atoms. The van der Waals surface area contributed by atoms with Crippen LogP contribution in [0.15, 0.2) is 38.3 Å². The quantitative estimate of drug-likeness (QED) is 0.818. The molecule has 0 amide bonds. The predicted octanol–water partition coefficient (Wildman–Crippen LogP) is 2.39. The van der Waals surface area contributed by atoms with Gasteiger partial charge < -0.3 is 4.42 Å². The normalized spacial score (nSPS) is 11.9. The largest absolute Gasteiger partial charge is 0.422 e. The van der Waals surface area contributed by atoms with Gasteiger partial charge in [-0.15, -0.1) is 0 Å². The van der Waals surface area contributed by atoms with Crippen LogP contribution >= 0.6 is 0 Å². The van der Waals surface area contributed by atoms with E-state index < -0.39 is 11.4 Å². The molecule has 1 heterocycles. The second-order valence-corrected chi connectivity index (χ2v) is 5.63. The highest BCUT2D eigenvalue weighted by Crippen LogP contribution is 2.20. The highest BCUT2D eigenvalue weighted by atomic mass is 16.4. The third kappa shape index (κ3) is 2.53. The van der Waals surface area contributed by atoms with E-state index in [0.717, 1.165) is 6.42 Å². The van der Waals surface area contributed by atoms with Crippen molar-refractivity contribution in [2.45, 2.75) is 33.7 Å². The van der Waals surface area contributed by atoms with Crippen LogP contribution in [0.5, 0.6) is 0 Å². The standard InChI is InChI=1S/C14H17NO3/c1-14(2,3)8-9-15-11-7-5-4-6-10(11)12(16)18-13(15)17/h4-7H,8-9H2,1-3H3. The van der Waals surface area contributed by atoms with E-state index in [-0.39, 0.29) is 5.41 Å². The Morgan fingerprint density at radius 2 is 1.83 bits per heavy atom. The number of aryl methyl sites for hydroxylation is 1. The van der Waals surface area contributed by atoms with Gasteiger partial charge in [0.1, 0.15) is 0 Å². The second kappa shape index (κ2) is 4.44. The summed E-state index contributed by atoms with van der Waals surface area (Å²) in [6, 6.07) is 7.02. The van der Waals surface area contributed by atoms with Crippen LogP contribution < -0.4 is 11.4 Å². The fourth-order valence-electron chi connectivity index (χ4n) is 1.83. The third-order valence-corrected chi connectivity index (χ3v) is 2.90. The maximum absolute atomic E-state index is 11.8. The highest BCUT2D eigenvalue weighted by molar-refractivity contribution is 5.77. The lowest BCUT2D eigenvalue weighted by molar-refractivity contribution is 0.331. The molecular weight excluding hydrogens is 230 g/mol. The minimum absolute atomic E-state index is 0.122. The van der Waals surface area contributed by atoms with Crippen LogP contribution in [-0.4, -0.2) is 4.57 Å². The van der Waals surface area contributed by atoms with Crippen LogP contribution in [0.2, 0.25) is 0 Å². The van der Waals surface area contributed by atoms with Gasteiger partial charge in [0.2, 0.25) is 0 Å². The van der Waals surface area contributed by atoms with Crippen LogP contribution in [0.4, 0.5) is 0 Å². The minimum atomic E-state index is -0.581. The first kappa shape index (κ1) is 12.6. The molecular formula is C14H17NO3. The Balaban J connectivity index is 2.57. The average molecular weight is 247 g/mol. The lowest BCUT2D eigenvalue weighted by Crippen LogP contribution is -2.26. The summed E-state index contributed by atoms with van der Waals surface area (Å²) in [6.45, 7) is 6.88. The molecule has 0 atom stereocenters. The predicted molar refractivity (Wildman–Crippen MR) is 70.8 cm³/mol. The van der Waals surface area contributed by atoms with E-state index in [1.165, 1.54) is 4.57 Å². The molecule has 0 radical (unpaired) electrons. The fraction of sp³-hybridized carbons (Fsp3) is 0.429. The topological polar surface area (TPSA) is 52.2 Å². The number of benzene rings is 1. The van der Waals surface area contributed by atoms with Crippen molar-refractivity contribution in [3.63, 3.8) is 0 Å². The van der Waals surface area contributed by atoms with Gasteiger partial charge in [-0.3, -0.25) is 4.57 Å². The lowest BCUT2D eigenvalue weighted by Gasteiger charge is -2.18. The molecule has 0 saturated heterocycles. The third-order valence-electron chi connectivity index (χ3n) is 2.90. The summed E-state index contributed by atoms with van der Waals surface area (Å²) in [5, 5.41) is 0.450. The first-order valence-electron chi connectivity index (χ1n) is 6.01. The molecule has 2 rings (SSSR count). The number of rotatable bonds is 2. The van der Waals surface area contributed by atoms with Crippen molar-refractivity contribution < 1.29 is 4.42 Å². The van der Waals surface area contributed by atoms with Gasteiger partial charge in [0, 0.05) is 6.54 Å². The van der Waals surface area contributed by atoms with Crippen molar-refractivity contribution in [2.24, 2.45) is 5.41 Å². The van der Waals surface area contributed by atoms with E-state index in [9.17, 15) is 9.59 Å². The Morgan fingerprint density at radius 3 is 2.50 bits per heavy atom. The summed E-state index contributed by atoms with van der Waals surface area (Å²) in [6.07, 6.45) is 0.838. The maximum atomic E-state index is 11.8. The van der Waals surface area contributed by atoms with Crippen molar-refractivity contribution in [2.75, 3.05) is 0 Å². The molecule has 0 unspecified atom stereocenters. The van der Waals surface area contributed by atoms with Crippen LogP contribution in [-0.2, 0) is 6.54 Å². The number of fused-ring (bicyclic) bond motifs is 1. The SMILES string of the molecule is CC(C)(C)CCn1c(=O)oc(=O)c2ccccc21. The average Bonchev–Trinajstić information content (AvgIpc) is 2.27. The van der Waals surface area contributed by atoms with Gasteiger partial charge >= 0.3 is 11.4 Å². The van der Waals surface area contributed by atoms with E-state index in [1.54, 1.807) is 18.2 Å². The molecule has 1 aromatic heterocycles. The lowest BCUT2D eigenvalue weighted by atomic mass is 9.92. The van der Waals surface area contributed by atoms with Crippen LogP contribution in [0.1, 0.15) is 27.2 Å². The van der Waals surface area contributed by atoms with E-state index in [2.05, 4.69) is 20.8 Å². The molecule has 0 bridgehead atoms. The molecule has 1 aromatic carbocycles. The summed E-state index contributed by atoms with van der Waals surface area (Å²) in [7, 11) is 0. The zero-order valence-electron chi connectivity index (χ0n) is 10.9. The Kier molecular flexibility index (Phi) is 3.11. The summed E-state index contributed by atoms with van der Waals surface area (Å²) in [5.41, 5.74) is 0.196. The van der Waals surface area contributed by atoms with E-state index in [4.69, 9.17) is 4.42 Å². The van der Waals surface area contributed by atoms with E-state index in [0.29, 0.717) is 17.4 Å². The van der Waals surface area contributed by atoms with Crippen LogP contribution in [0.25, 0.3) is 10.9 Å². The molecule has 4 nitrogen and oxygen atoms in total. The second-order valence-electron chi connectivity index (χ2n) is 5.63. The molecule has 0 aliphatic heterocycles. The number of hydrogen-bond donors (Lipinski definition) is 0. The van der Waals surface area contributed by atoms with Crippen LogP contribution in [0, 0.1) is 5.41 Å². The van der Waals surface area contributed by atoms with Crippen molar-refractivity contribution in [1.82, 2.24) is 4.57 Å². The van der Waals surface area contributed by atoms with Crippen molar-refractivity contribution in [1.29, 1.82) is 0 Å². The van der Waals surface area contributed by atoms with Gasteiger partial charge in [0.15, 0.2) is 0 Å². The molecule has 0 aliphatic carbocycles. The first-order chi connectivity index (χ1) is 8.38. The molecule has 0 fully saturated rings. The highest BCUT2D eigenvalue weighted by Gasteiger charge is 2.13. The minimum Gasteiger partial charge on any atom is -0.372 e. The van der Waals surface area contributed by atoms with Gasteiger partial charge in [-0.1, -0.05) is 32.9 Å². The maximum Gasteiger partial charge on any atom is 0.422 e. The Labute approximate surface area is 105 Å². The molecule has 0 saturated carbocycles. The van der Waals surface area contributed by atoms with Crippen molar-refractivity contribution >= 4 is 10.9 Å². The molecule has 2 aromatic rings. The molecule has 0 aliphatic rings. The summed E-state index contributed by atoms with van der Waals surface area (Å²) in [5.74, 6) is -0.581. The van der Waals surface area contributed by atoms with Crippen molar-refractivity contribution in [3.8, 4) is 0 Å². The van der Waals surface area contributed by atoms with E-state index >= 15 is 0 Å². The number of nitrogens with zero attached hydrogens (tertiary/aromatic N) is 1. The summed E-state index contributed by atoms with van der Waals surface area (Å²) < 4.78 is 6.27. The summed E-state index contributed by atoms with van der Waals surface area (Å²) >= 11 is 0. The first-order valence-corrected chi connectivity index (χ1v) is 6.01. The number of aromatic nitrogens is 1. The molecule has 4 heteroatoms. The van der Waals surface area contributed by atoms with Gasteiger partial charge in [0.25, 0.3) is 0 Å². The Hall–Kier alpha value is -1.84. The zero-order chi connectivity index (χ0) is 13.3. The van der Waals surface area contributed by atoms with E-state index in [1.807, 2.05) is 6.07 Å². The fourth-order valence-corrected chi connectivity index (χ4v) is 1.83. The molecule has 0 spiro atoms. The van der Waals surface area contributed by atoms with Gasteiger partial charge in [-0.2, -0.15) is 0 Å². The zero-order valence-corrected chi connectivity index (χ0v) is 10.9. The summed E-state index contributed by atoms with van der Waals surface area (Å²) in [4.78, 5) is 23.3. The smallest absolute Gasteiger partial charge is 0.372 e. The number of hydrogen-bond acceptors (Lipinski definition) is 3. The molecule has 0 N–H and O–H groups in total. The monoisotopic (exact) mass is 247 g/mol. The van der Waals surface area contributed by atoms with Gasteiger partial charge in [-0.25, -0.2) is 9.59 Å².